The van der Waals surface area contributed by atoms with Crippen LogP contribution in [-0.2, 0) is 17.6 Å². The minimum atomic E-state index is 0.0107. The Morgan fingerprint density at radius 3 is 2.77 bits per heavy atom. The number of benzene rings is 1. The maximum Gasteiger partial charge on any atom is 0.265 e. The van der Waals surface area contributed by atoms with Crippen LogP contribution in [0.1, 0.15) is 39.9 Å². The zero-order valence-electron chi connectivity index (χ0n) is 15.3. The van der Waals surface area contributed by atoms with E-state index in [2.05, 4.69) is 35.3 Å². The van der Waals surface area contributed by atoms with E-state index in [-0.39, 0.29) is 5.91 Å². The van der Waals surface area contributed by atoms with Gasteiger partial charge >= 0.3 is 0 Å². The number of amides is 1. The summed E-state index contributed by atoms with van der Waals surface area (Å²) >= 11 is 1.67. The molecule has 1 fully saturated rings. The highest BCUT2D eigenvalue weighted by atomic mass is 32.1. The van der Waals surface area contributed by atoms with Crippen molar-refractivity contribution in [1.29, 1.82) is 0 Å². The first-order chi connectivity index (χ1) is 12.7. The van der Waals surface area contributed by atoms with Gasteiger partial charge in [0, 0.05) is 29.3 Å². The molecule has 2 aromatic rings. The summed E-state index contributed by atoms with van der Waals surface area (Å²) < 4.78 is 5.40. The lowest BCUT2D eigenvalue weighted by molar-refractivity contribution is 0.103. The summed E-state index contributed by atoms with van der Waals surface area (Å²) in [6.45, 7) is 5.66. The van der Waals surface area contributed by atoms with Crippen molar-refractivity contribution in [3.05, 3.63) is 45.6 Å². The molecular weight excluding hydrogens is 344 g/mol. The molecule has 1 aliphatic heterocycles. The van der Waals surface area contributed by atoms with Gasteiger partial charge in [-0.2, -0.15) is 0 Å². The highest BCUT2D eigenvalue weighted by Gasteiger charge is 2.22. The summed E-state index contributed by atoms with van der Waals surface area (Å²) in [6, 6.07) is 10.2. The van der Waals surface area contributed by atoms with E-state index in [0.717, 1.165) is 55.6 Å². The number of anilines is 2. The molecule has 1 aromatic heterocycles. The van der Waals surface area contributed by atoms with Gasteiger partial charge in [0.2, 0.25) is 0 Å². The second-order valence-electron chi connectivity index (χ2n) is 7.18. The van der Waals surface area contributed by atoms with Gasteiger partial charge in [-0.15, -0.1) is 11.3 Å². The van der Waals surface area contributed by atoms with E-state index >= 15 is 0 Å². The third kappa shape index (κ3) is 3.79. The number of carbonyl (C=O) groups excluding carboxylic acids is 1. The van der Waals surface area contributed by atoms with Crippen molar-refractivity contribution in [1.82, 2.24) is 0 Å². The van der Waals surface area contributed by atoms with Crippen LogP contribution in [0.25, 0.3) is 0 Å². The molecular formula is C21H26N2O2S. The predicted molar refractivity (Wildman–Crippen MR) is 108 cm³/mol. The van der Waals surface area contributed by atoms with Crippen molar-refractivity contribution >= 4 is 28.6 Å². The van der Waals surface area contributed by atoms with Crippen LogP contribution in [-0.4, -0.2) is 32.2 Å². The van der Waals surface area contributed by atoms with Crippen LogP contribution in [0.15, 0.2) is 30.3 Å². The summed E-state index contributed by atoms with van der Waals surface area (Å²) in [6.07, 6.45) is 4.74. The Morgan fingerprint density at radius 1 is 1.27 bits per heavy atom. The van der Waals surface area contributed by atoms with Crippen LogP contribution in [0.4, 0.5) is 11.4 Å². The molecule has 0 saturated carbocycles. The molecule has 1 aliphatic carbocycles. The van der Waals surface area contributed by atoms with Crippen molar-refractivity contribution in [2.45, 2.75) is 32.6 Å². The number of thiophene rings is 1. The number of ether oxygens (including phenoxy) is 1. The lowest BCUT2D eigenvalue weighted by Gasteiger charge is -2.28. The van der Waals surface area contributed by atoms with Gasteiger partial charge in [0.25, 0.3) is 5.91 Å². The Balaban J connectivity index is 1.41. The van der Waals surface area contributed by atoms with Crippen LogP contribution < -0.4 is 10.2 Å². The summed E-state index contributed by atoms with van der Waals surface area (Å²) in [4.78, 5) is 17.2. The normalized spacial score (nSPS) is 19.9. The number of morpholine rings is 1. The van der Waals surface area contributed by atoms with Gasteiger partial charge < -0.3 is 15.0 Å². The highest BCUT2D eigenvalue weighted by Crippen LogP contribution is 2.34. The van der Waals surface area contributed by atoms with Crippen molar-refractivity contribution in [3.8, 4) is 0 Å². The van der Waals surface area contributed by atoms with Crippen molar-refractivity contribution in [3.63, 3.8) is 0 Å². The van der Waals surface area contributed by atoms with Crippen LogP contribution in [0.5, 0.6) is 0 Å². The van der Waals surface area contributed by atoms with Gasteiger partial charge in [-0.05, 0) is 61.1 Å². The number of hydrogen-bond donors (Lipinski definition) is 1. The number of aryl methyl sites for hydroxylation is 1. The van der Waals surface area contributed by atoms with E-state index in [1.165, 1.54) is 29.0 Å². The van der Waals surface area contributed by atoms with E-state index < -0.39 is 0 Å². The number of rotatable bonds is 4. The molecule has 1 saturated heterocycles. The zero-order chi connectivity index (χ0) is 17.9. The van der Waals surface area contributed by atoms with Crippen molar-refractivity contribution in [2.24, 2.45) is 5.92 Å². The first-order valence-electron chi connectivity index (χ1n) is 9.58. The van der Waals surface area contributed by atoms with Crippen LogP contribution in [0.3, 0.4) is 0 Å². The molecule has 0 bridgehead atoms. The van der Waals surface area contributed by atoms with Crippen LogP contribution >= 0.6 is 11.3 Å². The predicted octanol–water partition coefficient (Wildman–Crippen LogP) is 4.35. The monoisotopic (exact) mass is 370 g/mol. The largest absolute Gasteiger partial charge is 0.378 e. The minimum absolute atomic E-state index is 0.0107. The fourth-order valence-electron chi connectivity index (χ4n) is 3.83. The summed E-state index contributed by atoms with van der Waals surface area (Å²) in [5.74, 6) is 0.789. The van der Waals surface area contributed by atoms with E-state index in [9.17, 15) is 4.79 Å². The van der Waals surface area contributed by atoms with E-state index in [4.69, 9.17) is 4.74 Å². The van der Waals surface area contributed by atoms with Gasteiger partial charge in [0.15, 0.2) is 0 Å². The molecule has 1 amide bonds. The van der Waals surface area contributed by atoms with Crippen LogP contribution in [0, 0.1) is 5.92 Å². The highest BCUT2D eigenvalue weighted by molar-refractivity contribution is 7.14. The molecule has 2 aliphatic rings. The molecule has 1 atom stereocenters. The van der Waals surface area contributed by atoms with Gasteiger partial charge in [-0.1, -0.05) is 13.3 Å². The molecule has 5 heteroatoms. The average molecular weight is 371 g/mol. The van der Waals surface area contributed by atoms with Gasteiger partial charge in [0.1, 0.15) is 0 Å². The molecule has 2 heterocycles. The van der Waals surface area contributed by atoms with E-state index in [0.29, 0.717) is 0 Å². The van der Waals surface area contributed by atoms with Gasteiger partial charge in [-0.3, -0.25) is 4.79 Å². The molecule has 0 spiro atoms. The topological polar surface area (TPSA) is 41.6 Å². The number of nitrogens with one attached hydrogen (secondary N) is 1. The second kappa shape index (κ2) is 7.80. The Labute approximate surface area is 159 Å². The first kappa shape index (κ1) is 17.6. The second-order valence-corrected chi connectivity index (χ2v) is 8.31. The Bertz CT molecular complexity index is 763. The lowest BCUT2D eigenvalue weighted by Crippen LogP contribution is -2.36. The maximum absolute atomic E-state index is 12.6. The molecule has 4 rings (SSSR count). The third-order valence-corrected chi connectivity index (χ3v) is 6.72. The Morgan fingerprint density at radius 2 is 2.04 bits per heavy atom. The molecule has 0 radical (unpaired) electrons. The lowest BCUT2D eigenvalue weighted by atomic mass is 9.87. The molecule has 138 valence electrons. The van der Waals surface area contributed by atoms with Gasteiger partial charge in [0.05, 0.1) is 18.1 Å². The Kier molecular flexibility index (Phi) is 5.27. The fourth-order valence-corrected chi connectivity index (χ4v) is 4.93. The molecule has 1 N–H and O–H groups in total. The minimum Gasteiger partial charge on any atom is -0.378 e. The quantitative estimate of drug-likeness (QED) is 0.870. The molecule has 1 unspecified atom stereocenters. The van der Waals surface area contributed by atoms with Crippen LogP contribution in [0.2, 0.25) is 0 Å². The number of fused-ring (bicyclic) bond motifs is 1. The van der Waals surface area contributed by atoms with Crippen molar-refractivity contribution in [2.75, 3.05) is 36.5 Å². The van der Waals surface area contributed by atoms with E-state index in [1.807, 2.05) is 12.1 Å². The molecule has 4 nitrogen and oxygen atoms in total. The number of carbonyl (C=O) groups is 1. The number of hydrogen-bond acceptors (Lipinski definition) is 4. The van der Waals surface area contributed by atoms with Gasteiger partial charge in [-0.25, -0.2) is 0 Å². The molecule has 1 aromatic carbocycles. The summed E-state index contributed by atoms with van der Waals surface area (Å²) in [5, 5.41) is 3.05. The van der Waals surface area contributed by atoms with Crippen molar-refractivity contribution < 1.29 is 9.53 Å². The SMILES string of the molecule is CCC1CCc2sc(C(=O)Nc3ccc(N4CCOCC4)cc3)cc2C1. The standard InChI is InChI=1S/C21H26N2O2S/c1-2-15-3-8-19-16(13-15)14-20(26-19)21(24)22-17-4-6-18(7-5-17)23-9-11-25-12-10-23/h4-7,14-15H,2-3,8-13H2,1H3,(H,22,24). The fraction of sp³-hybridized carbons (Fsp3) is 0.476. The number of nitrogens with zero attached hydrogens (tertiary/aromatic N) is 1. The summed E-state index contributed by atoms with van der Waals surface area (Å²) in [7, 11) is 0. The maximum atomic E-state index is 12.6. The zero-order valence-corrected chi connectivity index (χ0v) is 16.1. The smallest absolute Gasteiger partial charge is 0.265 e. The summed E-state index contributed by atoms with van der Waals surface area (Å²) in [5.41, 5.74) is 3.43. The Hall–Kier alpha value is -1.85. The van der Waals surface area contributed by atoms with E-state index in [1.54, 1.807) is 11.3 Å². The average Bonchev–Trinajstić information content (AvgIpc) is 3.12. The third-order valence-electron chi connectivity index (χ3n) is 5.49. The first-order valence-corrected chi connectivity index (χ1v) is 10.4. The molecule has 26 heavy (non-hydrogen) atoms.